The molecule has 7 N–H and O–H groups in total. The largest absolute Gasteiger partial charge is 0.550 e. The molecule has 17 heteroatoms. The van der Waals surface area contributed by atoms with E-state index >= 15 is 0 Å². The van der Waals surface area contributed by atoms with Gasteiger partial charge in [0.2, 0.25) is 11.9 Å². The molecular weight excluding hydrogens is 672 g/mol. The van der Waals surface area contributed by atoms with E-state index in [-0.39, 0.29) is 36.7 Å². The Morgan fingerprint density at radius 2 is 1.60 bits per heavy atom. The molecule has 1 unspecified atom stereocenters. The van der Waals surface area contributed by atoms with Crippen LogP contribution in [0.15, 0.2) is 52.4 Å². The van der Waals surface area contributed by atoms with Crippen LogP contribution < -0.4 is 31.9 Å². The molecule has 0 aliphatic heterocycles. The predicted molar refractivity (Wildman–Crippen MR) is 181 cm³/mol. The molecule has 0 heterocycles. The number of aliphatic carboxylic acids is 1. The van der Waals surface area contributed by atoms with Crippen molar-refractivity contribution in [1.29, 1.82) is 0 Å². The van der Waals surface area contributed by atoms with E-state index in [4.69, 9.17) is 16.2 Å². The minimum absolute atomic E-state index is 0.0585. The first-order chi connectivity index (χ1) is 23.2. The summed E-state index contributed by atoms with van der Waals surface area (Å²) in [5.41, 5.74) is 13.2. The number of carboxylic acid groups (broad SMARTS) is 1. The van der Waals surface area contributed by atoms with E-state index in [0.29, 0.717) is 16.7 Å². The summed E-state index contributed by atoms with van der Waals surface area (Å²) in [5.74, 6) is -6.94. The third-order valence-corrected chi connectivity index (χ3v) is 8.64. The third kappa shape index (κ3) is 13.5. The molecule has 16 nitrogen and oxygen atoms in total. The number of nitrogens with two attached hydrogens (primary N) is 2. The zero-order valence-corrected chi connectivity index (χ0v) is 29.7. The lowest BCUT2D eigenvalue weighted by Crippen LogP contribution is -2.51. The van der Waals surface area contributed by atoms with Gasteiger partial charge in [-0.2, -0.15) is 0 Å². The highest BCUT2D eigenvalue weighted by atomic mass is 32.2. The van der Waals surface area contributed by atoms with Gasteiger partial charge in [0, 0.05) is 18.4 Å². The average Bonchev–Trinajstić information content (AvgIpc) is 2.98. The van der Waals surface area contributed by atoms with E-state index in [2.05, 4.69) is 25.1 Å². The summed E-state index contributed by atoms with van der Waals surface area (Å²) in [6.45, 7) is 9.12. The fourth-order valence-electron chi connectivity index (χ4n) is 4.91. The molecule has 2 rings (SSSR count). The molecule has 0 spiro atoms. The highest BCUT2D eigenvalue weighted by Crippen LogP contribution is 2.21. The molecule has 50 heavy (non-hydrogen) atoms. The first-order valence-electron chi connectivity index (χ1n) is 15.6. The average molecular weight is 718 g/mol. The maximum absolute atomic E-state index is 13.0. The molecule has 0 fully saturated rings. The maximum Gasteiger partial charge on any atom is 0.408 e. The van der Waals surface area contributed by atoms with Gasteiger partial charge in [-0.1, -0.05) is 48.0 Å². The van der Waals surface area contributed by atoms with Crippen LogP contribution in [0.1, 0.15) is 55.9 Å². The highest BCUT2D eigenvalue weighted by Gasteiger charge is 2.30. The lowest BCUT2D eigenvalue weighted by atomic mass is 9.92. The second kappa shape index (κ2) is 18.1. The van der Waals surface area contributed by atoms with Crippen LogP contribution in [0.3, 0.4) is 0 Å². The minimum atomic E-state index is -4.04. The van der Waals surface area contributed by atoms with Crippen LogP contribution in [0.4, 0.5) is 4.79 Å². The van der Waals surface area contributed by atoms with Gasteiger partial charge in [-0.15, -0.1) is 0 Å². The standard InChI is InChI=1S/C33H46N6O10S/c1-19-15-20(2)27(21(3)16-19)50(46,47)39-31(35)36-14-10-13-24(38-32(45)49-33(4,5)6)28(41)37-18-25(40)48-30(44)26(34)23(29(42)43)17-22-11-8-7-9-12-22/h7-9,11-12,15-16,23-24,26H,10,13-14,17-18,34H2,1-6H3,(H,37,41)(H,38,45)(H,42,43)(H3,35,36,39)/p-1/t23?,24-,26-/m0/s1. The number of carboxylic acids is 1. The van der Waals surface area contributed by atoms with Crippen molar-refractivity contribution in [2.24, 2.45) is 22.4 Å². The summed E-state index contributed by atoms with van der Waals surface area (Å²) >= 11 is 0. The number of hydrogen-bond donors (Lipinski definition) is 5. The molecule has 0 aliphatic carbocycles. The molecule has 3 atom stereocenters. The topological polar surface area (TPSA) is 262 Å². The number of sulfonamides is 1. The van der Waals surface area contributed by atoms with Gasteiger partial charge in [0.05, 0.1) is 4.90 Å². The SMILES string of the molecule is Cc1cc(C)c(S(=O)(=O)NC(N)=NCCC[C@H](NC(=O)OC(C)(C)C)C(=O)NCC(=O)OC(=O)[C@@H](N)C(Cc2ccccc2)C(=O)[O-])c(C)c1. The lowest BCUT2D eigenvalue weighted by molar-refractivity contribution is -0.312. The van der Waals surface area contributed by atoms with Crippen LogP contribution in [0.25, 0.3) is 0 Å². The summed E-state index contributed by atoms with van der Waals surface area (Å²) in [5, 5.41) is 16.3. The van der Waals surface area contributed by atoms with Gasteiger partial charge in [0.15, 0.2) is 0 Å². The van der Waals surface area contributed by atoms with E-state index in [9.17, 15) is 37.5 Å². The minimum Gasteiger partial charge on any atom is -0.550 e. The Balaban J connectivity index is 2.02. The summed E-state index contributed by atoms with van der Waals surface area (Å²) in [4.78, 5) is 66.1. The summed E-state index contributed by atoms with van der Waals surface area (Å²) in [6, 6.07) is 8.76. The molecular formula is C33H45N6O10S-. The Hall–Kier alpha value is -5.03. The van der Waals surface area contributed by atoms with E-state index in [0.717, 1.165) is 5.56 Å². The first-order valence-corrected chi connectivity index (χ1v) is 17.1. The van der Waals surface area contributed by atoms with E-state index < -0.39 is 70.1 Å². The van der Waals surface area contributed by atoms with E-state index in [1.807, 2.05) is 6.92 Å². The Morgan fingerprint density at radius 1 is 1.00 bits per heavy atom. The number of hydrogen-bond acceptors (Lipinski definition) is 12. The van der Waals surface area contributed by atoms with Crippen LogP contribution >= 0.6 is 0 Å². The van der Waals surface area contributed by atoms with Crippen molar-refractivity contribution in [3.63, 3.8) is 0 Å². The van der Waals surface area contributed by atoms with Crippen molar-refractivity contribution < 1.29 is 47.0 Å². The number of aryl methyl sites for hydroxylation is 3. The van der Waals surface area contributed by atoms with Crippen molar-refractivity contribution in [2.75, 3.05) is 13.1 Å². The zero-order valence-electron chi connectivity index (χ0n) is 28.9. The molecule has 0 radical (unpaired) electrons. The number of esters is 2. The van der Waals surface area contributed by atoms with Gasteiger partial charge in [-0.25, -0.2) is 27.5 Å². The summed E-state index contributed by atoms with van der Waals surface area (Å²) < 4.78 is 38.0. The van der Waals surface area contributed by atoms with Gasteiger partial charge in [-0.3, -0.25) is 9.79 Å². The van der Waals surface area contributed by atoms with Crippen LogP contribution in [0, 0.1) is 26.7 Å². The second-order valence-corrected chi connectivity index (χ2v) is 14.2. The van der Waals surface area contributed by atoms with Crippen LogP contribution in [0.5, 0.6) is 0 Å². The normalized spacial score (nSPS) is 13.7. The maximum atomic E-state index is 13.0. The third-order valence-electron chi connectivity index (χ3n) is 6.98. The Kier molecular flexibility index (Phi) is 14.9. The van der Waals surface area contributed by atoms with Gasteiger partial charge in [0.1, 0.15) is 24.2 Å². The van der Waals surface area contributed by atoms with Gasteiger partial charge in [-0.05, 0) is 77.5 Å². The van der Waals surface area contributed by atoms with Crippen molar-refractivity contribution in [2.45, 2.75) is 83.4 Å². The molecule has 274 valence electrons. The number of benzene rings is 2. The van der Waals surface area contributed by atoms with Gasteiger partial charge >= 0.3 is 18.0 Å². The fraction of sp³-hybridized carbons (Fsp3) is 0.455. The number of rotatable bonds is 15. The van der Waals surface area contributed by atoms with Crippen molar-refractivity contribution in [1.82, 2.24) is 15.4 Å². The van der Waals surface area contributed by atoms with E-state index in [1.54, 1.807) is 77.1 Å². The fourth-order valence-corrected chi connectivity index (χ4v) is 6.32. The number of alkyl carbamates (subject to hydrolysis) is 1. The summed E-state index contributed by atoms with van der Waals surface area (Å²) in [7, 11) is -4.04. The van der Waals surface area contributed by atoms with Crippen LogP contribution in [0.2, 0.25) is 0 Å². The predicted octanol–water partition coefficient (Wildman–Crippen LogP) is 0.000460. The van der Waals surface area contributed by atoms with Crippen LogP contribution in [-0.4, -0.2) is 75.1 Å². The Morgan fingerprint density at radius 3 is 2.16 bits per heavy atom. The number of guanidine groups is 1. The lowest BCUT2D eigenvalue weighted by Gasteiger charge is -2.24. The van der Waals surface area contributed by atoms with Gasteiger partial charge < -0.3 is 41.5 Å². The molecule has 0 aliphatic rings. The monoisotopic (exact) mass is 717 g/mol. The molecule has 0 saturated heterocycles. The number of nitrogens with one attached hydrogen (secondary N) is 3. The Labute approximate surface area is 291 Å². The molecule has 2 aromatic rings. The highest BCUT2D eigenvalue weighted by molar-refractivity contribution is 7.90. The molecule has 0 bridgehead atoms. The number of nitrogens with zero attached hydrogens (tertiary/aromatic N) is 1. The zero-order chi connectivity index (χ0) is 37.8. The van der Waals surface area contributed by atoms with Crippen LogP contribution in [-0.2, 0) is 45.1 Å². The Bertz CT molecular complexity index is 1670. The number of ether oxygens (including phenoxy) is 2. The van der Waals surface area contributed by atoms with Crippen molar-refractivity contribution in [3.8, 4) is 0 Å². The molecule has 0 aromatic heterocycles. The first kappa shape index (κ1) is 41.1. The molecule has 2 aromatic carbocycles. The van der Waals surface area contributed by atoms with Gasteiger partial charge in [0.25, 0.3) is 10.0 Å². The van der Waals surface area contributed by atoms with E-state index in [1.165, 1.54) is 0 Å². The number of aliphatic imine (C=N–C) groups is 1. The smallest absolute Gasteiger partial charge is 0.408 e. The number of carbonyl (C=O) groups excluding carboxylic acids is 5. The molecule has 2 amide bonds. The summed E-state index contributed by atoms with van der Waals surface area (Å²) in [6.07, 6.45) is -1.04. The number of carbonyl (C=O) groups is 5. The van der Waals surface area contributed by atoms with Crippen molar-refractivity contribution >= 4 is 45.9 Å². The number of amides is 2. The van der Waals surface area contributed by atoms with Crippen molar-refractivity contribution in [3.05, 3.63) is 64.7 Å². The molecule has 0 saturated carbocycles. The second-order valence-electron chi connectivity index (χ2n) is 12.6. The quantitative estimate of drug-likeness (QED) is 0.0536.